The van der Waals surface area contributed by atoms with Gasteiger partial charge in [-0.2, -0.15) is 0 Å². The maximum absolute atomic E-state index is 13.1. The molecular formula is C28H34N4O2. The molecule has 2 aromatic carbocycles. The van der Waals surface area contributed by atoms with Crippen LogP contribution in [-0.2, 0) is 11.2 Å². The van der Waals surface area contributed by atoms with Gasteiger partial charge in [-0.25, -0.2) is 4.99 Å². The zero-order valence-corrected chi connectivity index (χ0v) is 20.3. The molecule has 3 N–H and O–H groups in total. The number of fused-ring (bicyclic) bond motifs is 4. The van der Waals surface area contributed by atoms with Crippen molar-refractivity contribution in [3.8, 4) is 0 Å². The molecule has 178 valence electrons. The molecule has 6 heteroatoms. The fourth-order valence-corrected chi connectivity index (χ4v) is 5.02. The molecular weight excluding hydrogens is 424 g/mol. The second-order valence-corrected chi connectivity index (χ2v) is 8.91. The summed E-state index contributed by atoms with van der Waals surface area (Å²) >= 11 is 0. The molecule has 3 aliphatic heterocycles. The SMILES string of the molecule is CC.C[C@@H]1c2cccc(c2)C(=O)NC2CCc3ccc(cc32)/C=C\CCC2CC(=O)N1C(N)=N2. The van der Waals surface area contributed by atoms with Crippen molar-refractivity contribution in [2.24, 2.45) is 10.7 Å². The summed E-state index contributed by atoms with van der Waals surface area (Å²) in [6.07, 6.45) is 8.06. The molecule has 0 saturated carbocycles. The molecule has 4 aliphatic rings. The normalized spacial score (nSPS) is 24.9. The smallest absolute Gasteiger partial charge is 0.251 e. The lowest BCUT2D eigenvalue weighted by molar-refractivity contribution is -0.130. The Morgan fingerprint density at radius 3 is 2.71 bits per heavy atom. The number of rotatable bonds is 0. The minimum atomic E-state index is -0.298. The van der Waals surface area contributed by atoms with Gasteiger partial charge in [0.15, 0.2) is 5.96 Å². The molecule has 0 spiro atoms. The van der Waals surface area contributed by atoms with Crippen LogP contribution in [0.4, 0.5) is 0 Å². The molecule has 1 aliphatic carbocycles. The summed E-state index contributed by atoms with van der Waals surface area (Å²) in [5.74, 6) is 0.122. The fourth-order valence-electron chi connectivity index (χ4n) is 5.02. The molecule has 2 unspecified atom stereocenters. The summed E-state index contributed by atoms with van der Waals surface area (Å²) in [5.41, 5.74) is 11.3. The van der Waals surface area contributed by atoms with Gasteiger partial charge in [0, 0.05) is 12.0 Å². The number of nitrogens with two attached hydrogens (primary N) is 1. The molecule has 3 heterocycles. The number of nitrogens with zero attached hydrogens (tertiary/aromatic N) is 2. The van der Waals surface area contributed by atoms with E-state index in [0.29, 0.717) is 12.0 Å². The van der Waals surface area contributed by atoms with E-state index < -0.39 is 0 Å². The topological polar surface area (TPSA) is 87.8 Å². The molecule has 0 fully saturated rings. The van der Waals surface area contributed by atoms with E-state index >= 15 is 0 Å². The third kappa shape index (κ3) is 4.76. The lowest BCUT2D eigenvalue weighted by Gasteiger charge is -2.33. The first-order valence-electron chi connectivity index (χ1n) is 12.3. The number of carbonyl (C=O) groups excluding carboxylic acids is 2. The molecule has 3 atom stereocenters. The Labute approximate surface area is 201 Å². The Morgan fingerprint density at radius 1 is 1.09 bits per heavy atom. The van der Waals surface area contributed by atoms with E-state index in [9.17, 15) is 9.59 Å². The van der Waals surface area contributed by atoms with Gasteiger partial charge >= 0.3 is 0 Å². The van der Waals surface area contributed by atoms with E-state index in [2.05, 4.69) is 40.7 Å². The number of hydrogen-bond donors (Lipinski definition) is 2. The Kier molecular flexibility index (Phi) is 7.15. The molecule has 2 amide bonds. The predicted octanol–water partition coefficient (Wildman–Crippen LogP) is 4.91. The average Bonchev–Trinajstić information content (AvgIpc) is 3.24. The number of allylic oxidation sites excluding steroid dienone is 1. The lowest BCUT2D eigenvalue weighted by atomic mass is 9.99. The zero-order chi connectivity index (χ0) is 24.2. The van der Waals surface area contributed by atoms with Gasteiger partial charge in [0.1, 0.15) is 0 Å². The van der Waals surface area contributed by atoms with Crippen molar-refractivity contribution in [2.45, 2.75) is 71.0 Å². The van der Waals surface area contributed by atoms with E-state index in [4.69, 9.17) is 5.73 Å². The summed E-state index contributed by atoms with van der Waals surface area (Å²) in [6, 6.07) is 13.5. The van der Waals surface area contributed by atoms with Gasteiger partial charge in [0.05, 0.1) is 18.1 Å². The van der Waals surface area contributed by atoms with E-state index in [-0.39, 0.29) is 35.9 Å². The molecule has 6 rings (SSSR count). The minimum absolute atomic E-state index is 0.00920. The number of nitrogens with one attached hydrogen (secondary N) is 1. The first kappa shape index (κ1) is 23.7. The van der Waals surface area contributed by atoms with Crippen molar-refractivity contribution in [1.29, 1.82) is 0 Å². The van der Waals surface area contributed by atoms with E-state index in [1.165, 1.54) is 11.1 Å². The minimum Gasteiger partial charge on any atom is -0.369 e. The maximum Gasteiger partial charge on any atom is 0.251 e. The van der Waals surface area contributed by atoms with Crippen molar-refractivity contribution in [3.05, 3.63) is 76.4 Å². The molecule has 2 aromatic rings. The molecule has 0 aromatic heterocycles. The monoisotopic (exact) mass is 458 g/mol. The molecule has 0 saturated heterocycles. The molecule has 6 bridgehead atoms. The van der Waals surface area contributed by atoms with Crippen LogP contribution in [0.3, 0.4) is 0 Å². The molecule has 0 radical (unpaired) electrons. The summed E-state index contributed by atoms with van der Waals surface area (Å²) < 4.78 is 0. The second kappa shape index (κ2) is 10.2. The molecule has 6 nitrogen and oxygen atoms in total. The van der Waals surface area contributed by atoms with Gasteiger partial charge in [-0.1, -0.05) is 50.3 Å². The van der Waals surface area contributed by atoms with Crippen molar-refractivity contribution < 1.29 is 9.59 Å². The number of carbonyl (C=O) groups is 2. The second-order valence-electron chi connectivity index (χ2n) is 8.91. The Balaban J connectivity index is 0.00000133. The van der Waals surface area contributed by atoms with Crippen LogP contribution in [0.1, 0.15) is 91.1 Å². The largest absolute Gasteiger partial charge is 0.369 e. The van der Waals surface area contributed by atoms with Crippen molar-refractivity contribution in [3.63, 3.8) is 0 Å². The third-order valence-corrected chi connectivity index (χ3v) is 6.79. The standard InChI is InChI=1S/C26H28N4O2.C2H6/c1-16-19-6-4-7-20(14-19)25(32)29-23-12-11-18-10-9-17(13-22(18)23)5-2-3-8-21-15-24(31)30(16)26(27)28-21;1-2/h2,4-7,9-10,13-14,16,21,23H,3,8,11-12,15H2,1H3,(H2,27,28)(H,29,32);1-2H3/b5-2-;/t16-,21?,23?;/m1./s1. The van der Waals surface area contributed by atoms with Crippen molar-refractivity contribution in [1.82, 2.24) is 10.2 Å². The van der Waals surface area contributed by atoms with Crippen LogP contribution in [0.15, 0.2) is 53.5 Å². The number of benzene rings is 2. The van der Waals surface area contributed by atoms with Gasteiger partial charge in [-0.15, -0.1) is 0 Å². The first-order chi connectivity index (χ1) is 16.5. The third-order valence-electron chi connectivity index (χ3n) is 6.79. The van der Waals surface area contributed by atoms with Crippen molar-refractivity contribution >= 4 is 23.8 Å². The van der Waals surface area contributed by atoms with Gasteiger partial charge in [0.2, 0.25) is 5.91 Å². The maximum atomic E-state index is 13.1. The number of aliphatic imine (C=N–C) groups is 1. The lowest BCUT2D eigenvalue weighted by Crippen LogP contribution is -2.48. The fraction of sp³-hybridized carbons (Fsp3) is 0.393. The van der Waals surface area contributed by atoms with Gasteiger partial charge in [-0.05, 0) is 73.1 Å². The summed E-state index contributed by atoms with van der Waals surface area (Å²) in [4.78, 5) is 32.2. The zero-order valence-electron chi connectivity index (χ0n) is 20.3. The Morgan fingerprint density at radius 2 is 1.91 bits per heavy atom. The summed E-state index contributed by atoms with van der Waals surface area (Å²) in [5, 5.41) is 3.21. The summed E-state index contributed by atoms with van der Waals surface area (Å²) in [6.45, 7) is 5.92. The number of amides is 2. The van der Waals surface area contributed by atoms with Crippen molar-refractivity contribution in [2.75, 3.05) is 0 Å². The predicted molar refractivity (Wildman–Crippen MR) is 136 cm³/mol. The van der Waals surface area contributed by atoms with E-state index in [1.54, 1.807) is 4.90 Å². The number of aryl methyl sites for hydroxylation is 1. The van der Waals surface area contributed by atoms with E-state index in [0.717, 1.165) is 36.8 Å². The summed E-state index contributed by atoms with van der Waals surface area (Å²) in [7, 11) is 0. The van der Waals surface area contributed by atoms with Crippen LogP contribution in [-0.4, -0.2) is 28.7 Å². The quantitative estimate of drug-likeness (QED) is 0.588. The van der Waals surface area contributed by atoms with Crippen LogP contribution >= 0.6 is 0 Å². The molecule has 34 heavy (non-hydrogen) atoms. The highest BCUT2D eigenvalue weighted by molar-refractivity contribution is 5.99. The number of guanidine groups is 1. The Hall–Kier alpha value is -3.41. The number of hydrogen-bond acceptors (Lipinski definition) is 4. The highest BCUT2D eigenvalue weighted by Crippen LogP contribution is 2.33. The van der Waals surface area contributed by atoms with Crippen LogP contribution in [0.5, 0.6) is 0 Å². The van der Waals surface area contributed by atoms with Crippen LogP contribution < -0.4 is 11.1 Å². The average molecular weight is 459 g/mol. The highest BCUT2D eigenvalue weighted by Gasteiger charge is 2.32. The van der Waals surface area contributed by atoms with Crippen LogP contribution in [0.25, 0.3) is 6.08 Å². The van der Waals surface area contributed by atoms with Gasteiger partial charge < -0.3 is 11.1 Å². The Bertz CT molecular complexity index is 1140. The highest BCUT2D eigenvalue weighted by atomic mass is 16.2. The van der Waals surface area contributed by atoms with Crippen LogP contribution in [0, 0.1) is 0 Å². The van der Waals surface area contributed by atoms with Gasteiger partial charge in [0.25, 0.3) is 5.91 Å². The van der Waals surface area contributed by atoms with Crippen LogP contribution in [0.2, 0.25) is 0 Å². The van der Waals surface area contributed by atoms with E-state index in [1.807, 2.05) is 45.0 Å². The first-order valence-corrected chi connectivity index (χ1v) is 12.3. The van der Waals surface area contributed by atoms with Gasteiger partial charge in [-0.3, -0.25) is 14.5 Å².